The van der Waals surface area contributed by atoms with Gasteiger partial charge in [0.05, 0.1) is 46.1 Å². The van der Waals surface area contributed by atoms with E-state index in [1.165, 1.54) is 11.1 Å². The first-order valence-electron chi connectivity index (χ1n) is 10.3. The van der Waals surface area contributed by atoms with Crippen LogP contribution in [0.4, 0.5) is 14.7 Å². The summed E-state index contributed by atoms with van der Waals surface area (Å²) in [6.07, 6.45) is 3.77. The van der Waals surface area contributed by atoms with Gasteiger partial charge in [-0.3, -0.25) is 0 Å². The Balaban J connectivity index is 1.38. The predicted octanol–water partition coefficient (Wildman–Crippen LogP) is 2.76. The number of anilines is 1. The Hall–Kier alpha value is -2.97. The third-order valence-corrected chi connectivity index (χ3v) is 6.74. The summed E-state index contributed by atoms with van der Waals surface area (Å²) < 4.78 is 31.5. The Bertz CT molecular complexity index is 1130. The van der Waals surface area contributed by atoms with Crippen molar-refractivity contribution in [3.8, 4) is 22.7 Å². The fourth-order valence-corrected chi connectivity index (χ4v) is 4.96. The molecule has 160 valence electrons. The van der Waals surface area contributed by atoms with Crippen LogP contribution in [0.5, 0.6) is 5.75 Å². The molecule has 5 atom stereocenters. The molecule has 1 N–H and O–H groups in total. The van der Waals surface area contributed by atoms with Crippen molar-refractivity contribution >= 4 is 21.6 Å². The maximum atomic E-state index is 15.3. The summed E-state index contributed by atoms with van der Waals surface area (Å²) in [7, 11) is 14.0. The van der Waals surface area contributed by atoms with Crippen molar-refractivity contribution in [1.29, 1.82) is 0 Å². The molecular formula is C21H20B2F2N6O. The maximum Gasteiger partial charge on any atom is 0.245 e. The zero-order valence-electron chi connectivity index (χ0n) is 17.4. The van der Waals surface area contributed by atoms with Crippen molar-refractivity contribution in [2.75, 3.05) is 11.9 Å². The molecule has 1 aromatic carbocycles. The summed E-state index contributed by atoms with van der Waals surface area (Å²) in [5, 5.41) is 16.3. The van der Waals surface area contributed by atoms with Gasteiger partial charge in [-0.25, -0.2) is 18.7 Å². The molecule has 2 aromatic heterocycles. The van der Waals surface area contributed by atoms with Gasteiger partial charge < -0.3 is 14.6 Å². The van der Waals surface area contributed by atoms with E-state index in [1.807, 2.05) is 0 Å². The second-order valence-corrected chi connectivity index (χ2v) is 8.91. The lowest BCUT2D eigenvalue weighted by Crippen LogP contribution is -2.50. The van der Waals surface area contributed by atoms with Crippen molar-refractivity contribution in [3.05, 3.63) is 43.1 Å². The van der Waals surface area contributed by atoms with E-state index in [1.54, 1.807) is 48.5 Å². The first-order chi connectivity index (χ1) is 15.2. The Kier molecular flexibility index (Phi) is 4.76. The van der Waals surface area contributed by atoms with E-state index in [2.05, 4.69) is 20.2 Å². The number of hydrogen-bond donors (Lipinski definition) is 1. The third-order valence-electron chi connectivity index (χ3n) is 6.74. The molecule has 3 aromatic rings. The van der Waals surface area contributed by atoms with E-state index in [4.69, 9.17) is 15.7 Å². The smallest absolute Gasteiger partial charge is 0.245 e. The minimum absolute atomic E-state index is 0.00483. The van der Waals surface area contributed by atoms with Crippen LogP contribution in [0.15, 0.2) is 43.1 Å². The molecule has 2 heterocycles. The van der Waals surface area contributed by atoms with Gasteiger partial charge in [-0.1, -0.05) is 6.42 Å². The second-order valence-electron chi connectivity index (χ2n) is 8.91. The van der Waals surface area contributed by atoms with Gasteiger partial charge in [0.1, 0.15) is 17.6 Å². The van der Waals surface area contributed by atoms with Gasteiger partial charge in [0.15, 0.2) is 0 Å². The fraction of sp³-hybridized carbons (Fsp3) is 0.429. The van der Waals surface area contributed by atoms with E-state index < -0.39 is 29.0 Å². The number of phenolic OH excluding ortho intramolecular Hbond substituents is 1. The number of phenols is 1. The monoisotopic (exact) mass is 432 g/mol. The molecule has 0 spiro atoms. The normalized spacial score (nSPS) is 31.5. The van der Waals surface area contributed by atoms with Crippen LogP contribution in [0, 0.1) is 0 Å². The van der Waals surface area contributed by atoms with Gasteiger partial charge in [0.25, 0.3) is 0 Å². The Morgan fingerprint density at radius 3 is 2.66 bits per heavy atom. The number of hydrogen-bond acceptors (Lipinski definition) is 6. The topological polar surface area (TPSA) is 80.0 Å². The summed E-state index contributed by atoms with van der Waals surface area (Å²) in [5.74, 6) is 0.171. The van der Waals surface area contributed by atoms with Gasteiger partial charge in [0, 0.05) is 31.1 Å². The summed E-state index contributed by atoms with van der Waals surface area (Å²) in [4.78, 5) is 9.80. The van der Waals surface area contributed by atoms with Crippen molar-refractivity contribution < 1.29 is 13.9 Å². The van der Waals surface area contributed by atoms with E-state index in [0.717, 1.165) is 5.69 Å². The molecule has 0 amide bonds. The third kappa shape index (κ3) is 3.25. The molecule has 11 heteroatoms. The van der Waals surface area contributed by atoms with Crippen LogP contribution in [-0.2, 0) is 0 Å². The lowest BCUT2D eigenvalue weighted by molar-refractivity contribution is 0.156. The van der Waals surface area contributed by atoms with Crippen LogP contribution in [0.2, 0.25) is 10.6 Å². The van der Waals surface area contributed by atoms with E-state index >= 15 is 4.39 Å². The number of halogens is 2. The number of imidazole rings is 1. The summed E-state index contributed by atoms with van der Waals surface area (Å²) in [5.41, 5.74) is 1.54. The number of aromatic hydroxyl groups is 1. The molecule has 2 aliphatic carbocycles. The van der Waals surface area contributed by atoms with Crippen LogP contribution in [-0.4, -0.2) is 71.0 Å². The highest BCUT2D eigenvalue weighted by atomic mass is 19.1. The molecule has 2 bridgehead atoms. The number of nitrogens with zero attached hydrogens (tertiary/aromatic N) is 6. The summed E-state index contributed by atoms with van der Waals surface area (Å²) >= 11 is 0. The molecule has 2 saturated carbocycles. The molecule has 4 radical (unpaired) electrons. The SMILES string of the molecule is [B][C@]12C[C@@H](N(C)c3ncc(-c4ccc(-n5ccnc5)cc4O)nn3)[C@H](F)[C@]([B])(CC1F)C2. The highest BCUT2D eigenvalue weighted by molar-refractivity contribution is 6.21. The summed E-state index contributed by atoms with van der Waals surface area (Å²) in [6.45, 7) is 0. The van der Waals surface area contributed by atoms with Crippen LogP contribution in [0.3, 0.4) is 0 Å². The lowest BCUT2D eigenvalue weighted by atomic mass is 9.51. The van der Waals surface area contributed by atoms with Crippen molar-refractivity contribution in [3.63, 3.8) is 0 Å². The zero-order chi connectivity index (χ0) is 22.7. The van der Waals surface area contributed by atoms with Gasteiger partial charge in [-0.05, 0) is 35.6 Å². The lowest BCUT2D eigenvalue weighted by Gasteiger charge is -2.46. The van der Waals surface area contributed by atoms with Gasteiger partial charge in [0.2, 0.25) is 5.95 Å². The standard InChI is InChI=1S/C21H20B2F2N6O/c1-30(15-7-20(22)10-21(23,18(15)25)8-17(20)24)19-27-9-14(28-29-19)13-3-2-12(6-16(13)32)31-5-4-26-11-31/h2-6,9,11,15,17-18,32H,7-8,10H2,1H3/t15-,17?,18+,20+,21+/m1/s1. The second kappa shape index (κ2) is 7.28. The largest absolute Gasteiger partial charge is 0.507 e. The minimum Gasteiger partial charge on any atom is -0.507 e. The van der Waals surface area contributed by atoms with Crippen molar-refractivity contribution in [2.24, 2.45) is 0 Å². The molecule has 2 fully saturated rings. The molecule has 0 aliphatic heterocycles. The molecule has 0 saturated heterocycles. The van der Waals surface area contributed by atoms with Crippen molar-refractivity contribution in [2.45, 2.75) is 48.3 Å². The predicted molar refractivity (Wildman–Crippen MR) is 117 cm³/mol. The first-order valence-corrected chi connectivity index (χ1v) is 10.3. The van der Waals surface area contributed by atoms with Gasteiger partial charge >= 0.3 is 0 Å². The highest BCUT2D eigenvalue weighted by Crippen LogP contribution is 2.66. The van der Waals surface area contributed by atoms with Crippen LogP contribution < -0.4 is 4.90 Å². The summed E-state index contributed by atoms with van der Waals surface area (Å²) in [6, 6.07) is 4.32. The van der Waals surface area contributed by atoms with Crippen LogP contribution >= 0.6 is 0 Å². The van der Waals surface area contributed by atoms with Crippen LogP contribution in [0.1, 0.15) is 19.3 Å². The molecular weight excluding hydrogens is 412 g/mol. The number of fused-ring (bicyclic) bond motifs is 2. The minimum atomic E-state index is -1.48. The number of rotatable bonds is 4. The molecule has 7 nitrogen and oxygen atoms in total. The van der Waals surface area contributed by atoms with Crippen molar-refractivity contribution in [1.82, 2.24) is 24.7 Å². The van der Waals surface area contributed by atoms with Crippen LogP contribution in [0.25, 0.3) is 16.9 Å². The molecule has 5 rings (SSSR count). The van der Waals surface area contributed by atoms with E-state index in [0.29, 0.717) is 11.3 Å². The van der Waals surface area contributed by atoms with E-state index in [-0.39, 0.29) is 31.0 Å². The number of aromatic nitrogens is 5. The maximum absolute atomic E-state index is 15.3. The highest BCUT2D eigenvalue weighted by Gasteiger charge is 2.60. The molecule has 1 unspecified atom stereocenters. The average Bonchev–Trinajstić information content (AvgIpc) is 3.37. The fourth-order valence-electron chi connectivity index (χ4n) is 4.96. The number of benzene rings is 1. The van der Waals surface area contributed by atoms with Gasteiger partial charge in [-0.2, -0.15) is 0 Å². The first kappa shape index (κ1) is 20.9. The van der Waals surface area contributed by atoms with E-state index in [9.17, 15) is 9.50 Å². The Morgan fingerprint density at radius 1 is 1.19 bits per heavy atom. The Morgan fingerprint density at radius 2 is 2.00 bits per heavy atom. The zero-order valence-corrected chi connectivity index (χ0v) is 17.4. The molecule has 2 aliphatic rings. The Labute approximate surface area is 186 Å². The molecule has 32 heavy (non-hydrogen) atoms. The van der Waals surface area contributed by atoms with Gasteiger partial charge in [-0.15, -0.1) is 10.2 Å². The quantitative estimate of drug-likeness (QED) is 0.640. The average molecular weight is 432 g/mol. The number of alkyl halides is 2.